The first-order valence-electron chi connectivity index (χ1n) is 10.3. The second-order valence-electron chi connectivity index (χ2n) is 7.43. The molecule has 0 aliphatic heterocycles. The van der Waals surface area contributed by atoms with Crippen LogP contribution in [-0.2, 0) is 27.7 Å². The molecule has 4 rings (SSSR count). The predicted molar refractivity (Wildman–Crippen MR) is 134 cm³/mol. The number of thiophene rings is 1. The average molecular weight is 528 g/mol. The Morgan fingerprint density at radius 2 is 2.00 bits per heavy atom. The van der Waals surface area contributed by atoms with Crippen LogP contribution in [0.15, 0.2) is 34.5 Å². The molecule has 0 bridgehead atoms. The van der Waals surface area contributed by atoms with E-state index in [2.05, 4.69) is 14.3 Å². The monoisotopic (exact) mass is 527 g/mol. The van der Waals surface area contributed by atoms with Crippen LogP contribution in [0, 0.1) is 0 Å². The number of hydrogen-bond donors (Lipinski definition) is 2. The van der Waals surface area contributed by atoms with Gasteiger partial charge in [0.1, 0.15) is 19.9 Å². The molecule has 3 N–H and O–H groups in total. The fourth-order valence-corrected chi connectivity index (χ4v) is 6.66. The van der Waals surface area contributed by atoms with Crippen LogP contribution < -0.4 is 10.5 Å². The largest absolute Gasteiger partial charge is 0.384 e. The Balaban J connectivity index is 1.51. The van der Waals surface area contributed by atoms with E-state index in [-0.39, 0.29) is 13.6 Å². The second kappa shape index (κ2) is 10.1. The van der Waals surface area contributed by atoms with Crippen molar-refractivity contribution in [3.05, 3.63) is 45.5 Å². The molecule has 1 aromatic carbocycles. The van der Waals surface area contributed by atoms with Gasteiger partial charge in [-0.25, -0.2) is 23.1 Å². The van der Waals surface area contributed by atoms with Crippen LogP contribution in [0.4, 0.5) is 5.82 Å². The molecule has 176 valence electrons. The highest BCUT2D eigenvalue weighted by molar-refractivity contribution is 7.91. The number of unbranched alkanes of at least 4 members (excludes halogenated alkanes) is 1. The van der Waals surface area contributed by atoms with E-state index >= 15 is 0 Å². The van der Waals surface area contributed by atoms with Crippen molar-refractivity contribution >= 4 is 72.3 Å². The molecule has 0 spiro atoms. The van der Waals surface area contributed by atoms with Crippen molar-refractivity contribution in [3.63, 3.8) is 0 Å². The number of aromatic nitrogens is 3. The molecule has 0 aliphatic rings. The van der Waals surface area contributed by atoms with Crippen molar-refractivity contribution in [1.82, 2.24) is 19.3 Å². The number of ether oxygens (including phenoxy) is 1. The molecule has 0 radical (unpaired) electrons. The standard InChI is InChI=1S/C21H23Cl2N5O3S2/c1-31-11-8-16-27-18-19(13-6-2-3-7-15(13)26-21(18)24)28(16)10-5-4-9-25-33(29,30)17-12-14(22)20(23)32-17/h2-3,6-7,12,25H,4-5,8-11H2,1H3,(H2,24,26). The van der Waals surface area contributed by atoms with Crippen molar-refractivity contribution in [3.8, 4) is 0 Å². The molecule has 33 heavy (non-hydrogen) atoms. The van der Waals surface area contributed by atoms with Gasteiger partial charge in [-0.1, -0.05) is 41.4 Å². The van der Waals surface area contributed by atoms with Crippen molar-refractivity contribution in [2.45, 2.75) is 30.0 Å². The fourth-order valence-electron chi connectivity index (χ4n) is 3.66. The second-order valence-corrected chi connectivity index (χ2v) is 11.5. The van der Waals surface area contributed by atoms with Crippen molar-refractivity contribution in [1.29, 1.82) is 0 Å². The lowest BCUT2D eigenvalue weighted by molar-refractivity contribution is 0.199. The molecule has 3 heterocycles. The number of imidazole rings is 1. The topological polar surface area (TPSA) is 112 Å². The fraction of sp³-hybridized carbons (Fsp3) is 0.333. The molecule has 0 fully saturated rings. The minimum atomic E-state index is -3.65. The third-order valence-electron chi connectivity index (χ3n) is 5.21. The van der Waals surface area contributed by atoms with E-state index in [0.29, 0.717) is 43.9 Å². The van der Waals surface area contributed by atoms with E-state index in [1.165, 1.54) is 6.07 Å². The van der Waals surface area contributed by atoms with Gasteiger partial charge in [-0.15, -0.1) is 11.3 Å². The Morgan fingerprint density at radius 1 is 1.21 bits per heavy atom. The number of nitrogens with two attached hydrogens (primary N) is 1. The highest BCUT2D eigenvalue weighted by Gasteiger charge is 2.19. The summed E-state index contributed by atoms with van der Waals surface area (Å²) in [5.41, 5.74) is 8.63. The third kappa shape index (κ3) is 5.11. The molecule has 8 nitrogen and oxygen atoms in total. The van der Waals surface area contributed by atoms with Gasteiger partial charge in [0.15, 0.2) is 5.82 Å². The van der Waals surface area contributed by atoms with Crippen LogP contribution in [-0.4, -0.2) is 43.2 Å². The predicted octanol–water partition coefficient (Wildman–Crippen LogP) is 4.48. The number of nitrogens with one attached hydrogen (secondary N) is 1. The number of anilines is 1. The van der Waals surface area contributed by atoms with E-state index in [9.17, 15) is 8.42 Å². The summed E-state index contributed by atoms with van der Waals surface area (Å²) in [6.07, 6.45) is 2.00. The number of aryl methyl sites for hydroxylation is 1. The zero-order chi connectivity index (χ0) is 23.6. The van der Waals surface area contributed by atoms with Gasteiger partial charge < -0.3 is 15.0 Å². The van der Waals surface area contributed by atoms with Gasteiger partial charge in [-0.05, 0) is 25.0 Å². The minimum absolute atomic E-state index is 0.106. The third-order valence-corrected chi connectivity index (χ3v) is 9.01. The number of fused-ring (bicyclic) bond motifs is 3. The number of nitrogens with zero attached hydrogens (tertiary/aromatic N) is 3. The van der Waals surface area contributed by atoms with Gasteiger partial charge in [0, 0.05) is 32.0 Å². The van der Waals surface area contributed by atoms with Crippen LogP contribution in [0.5, 0.6) is 0 Å². The van der Waals surface area contributed by atoms with E-state index in [4.69, 9.17) is 38.7 Å². The van der Waals surface area contributed by atoms with Crippen LogP contribution >= 0.6 is 34.5 Å². The number of sulfonamides is 1. The Kier molecular flexibility index (Phi) is 7.42. The molecule has 0 amide bonds. The number of methoxy groups -OCH3 is 1. The number of para-hydroxylation sites is 1. The normalized spacial score (nSPS) is 12.2. The summed E-state index contributed by atoms with van der Waals surface area (Å²) in [4.78, 5) is 9.24. The van der Waals surface area contributed by atoms with Gasteiger partial charge in [-0.3, -0.25) is 0 Å². The van der Waals surface area contributed by atoms with Crippen LogP contribution in [0.1, 0.15) is 18.7 Å². The van der Waals surface area contributed by atoms with E-state index < -0.39 is 10.0 Å². The highest BCUT2D eigenvalue weighted by Crippen LogP contribution is 2.34. The summed E-state index contributed by atoms with van der Waals surface area (Å²) in [7, 11) is -2.00. The summed E-state index contributed by atoms with van der Waals surface area (Å²) in [5.74, 6) is 1.25. The maximum atomic E-state index is 12.5. The van der Waals surface area contributed by atoms with Gasteiger partial charge in [0.25, 0.3) is 0 Å². The first kappa shape index (κ1) is 24.2. The highest BCUT2D eigenvalue weighted by atomic mass is 35.5. The van der Waals surface area contributed by atoms with Crippen LogP contribution in [0.2, 0.25) is 9.36 Å². The summed E-state index contributed by atoms with van der Waals surface area (Å²) < 4.78 is 35.3. The van der Waals surface area contributed by atoms with Crippen LogP contribution in [0.25, 0.3) is 21.9 Å². The lowest BCUT2D eigenvalue weighted by Gasteiger charge is -2.11. The molecule has 4 aromatic rings. The SMILES string of the molecule is COCCc1nc2c(N)nc3ccccc3c2n1CCCCNS(=O)(=O)c1cc(Cl)c(Cl)s1. The van der Waals surface area contributed by atoms with Crippen molar-refractivity contribution in [2.24, 2.45) is 0 Å². The Morgan fingerprint density at radius 3 is 2.73 bits per heavy atom. The molecular formula is C21H23Cl2N5O3S2. The van der Waals surface area contributed by atoms with Gasteiger partial charge in [0.2, 0.25) is 10.0 Å². The summed E-state index contributed by atoms with van der Waals surface area (Å²) in [6.45, 7) is 1.47. The molecular weight excluding hydrogens is 505 g/mol. The summed E-state index contributed by atoms with van der Waals surface area (Å²) in [5, 5.41) is 1.21. The number of benzene rings is 1. The number of halogens is 2. The number of rotatable bonds is 10. The van der Waals surface area contributed by atoms with Crippen molar-refractivity contribution < 1.29 is 13.2 Å². The molecule has 12 heteroatoms. The number of nitrogen functional groups attached to an aromatic ring is 1. The van der Waals surface area contributed by atoms with Gasteiger partial charge >= 0.3 is 0 Å². The Hall–Kier alpha value is -1.95. The first-order valence-corrected chi connectivity index (χ1v) is 13.3. The quantitative estimate of drug-likeness (QED) is 0.294. The molecule has 0 atom stereocenters. The van der Waals surface area contributed by atoms with E-state index in [1.54, 1.807) is 7.11 Å². The maximum absolute atomic E-state index is 12.5. The Bertz CT molecular complexity index is 1380. The molecule has 0 aliphatic carbocycles. The lowest BCUT2D eigenvalue weighted by atomic mass is 10.2. The smallest absolute Gasteiger partial charge is 0.250 e. The van der Waals surface area contributed by atoms with Crippen LogP contribution in [0.3, 0.4) is 0 Å². The Labute approximate surface area is 205 Å². The molecule has 0 saturated carbocycles. The first-order chi connectivity index (χ1) is 15.8. The van der Waals surface area contributed by atoms with E-state index in [0.717, 1.165) is 40.0 Å². The zero-order valence-corrected chi connectivity index (χ0v) is 21.0. The molecule has 0 unspecified atom stereocenters. The van der Waals surface area contributed by atoms with Gasteiger partial charge in [-0.2, -0.15) is 0 Å². The molecule has 0 saturated heterocycles. The maximum Gasteiger partial charge on any atom is 0.250 e. The zero-order valence-electron chi connectivity index (χ0n) is 17.8. The van der Waals surface area contributed by atoms with E-state index in [1.807, 2.05) is 24.3 Å². The average Bonchev–Trinajstić information content (AvgIpc) is 3.33. The summed E-state index contributed by atoms with van der Waals surface area (Å²) in [6, 6.07) is 9.18. The number of hydrogen-bond acceptors (Lipinski definition) is 7. The lowest BCUT2D eigenvalue weighted by Crippen LogP contribution is -2.24. The molecule has 3 aromatic heterocycles. The minimum Gasteiger partial charge on any atom is -0.384 e. The van der Waals surface area contributed by atoms with Crippen molar-refractivity contribution in [2.75, 3.05) is 26.0 Å². The number of pyridine rings is 1. The van der Waals surface area contributed by atoms with Gasteiger partial charge in [0.05, 0.1) is 22.7 Å². The summed E-state index contributed by atoms with van der Waals surface area (Å²) >= 11 is 12.7.